The highest BCUT2D eigenvalue weighted by Gasteiger charge is 2.12. The van der Waals surface area contributed by atoms with Gasteiger partial charge in [-0.15, -0.1) is 0 Å². The van der Waals surface area contributed by atoms with Gasteiger partial charge in [0.1, 0.15) is 6.07 Å². The molecule has 0 spiro atoms. The van der Waals surface area contributed by atoms with Gasteiger partial charge in [-0.1, -0.05) is 35.9 Å². The molecular formula is C17H9ClN2O2. The van der Waals surface area contributed by atoms with Crippen LogP contribution in [0.4, 0.5) is 0 Å². The van der Waals surface area contributed by atoms with E-state index in [1.54, 1.807) is 24.3 Å². The molecule has 0 aliphatic heterocycles. The molecule has 0 radical (unpaired) electrons. The molecule has 0 atom stereocenters. The molecule has 0 fully saturated rings. The summed E-state index contributed by atoms with van der Waals surface area (Å²) in [4.78, 5) is 15.4. The maximum absolute atomic E-state index is 11.2. The van der Waals surface area contributed by atoms with Crippen molar-refractivity contribution in [3.8, 4) is 17.3 Å². The predicted octanol–water partition coefficient (Wildman–Crippen LogP) is 4.13. The number of nitriles is 1. The van der Waals surface area contributed by atoms with Gasteiger partial charge in [0.2, 0.25) is 0 Å². The van der Waals surface area contributed by atoms with Crippen LogP contribution < -0.4 is 0 Å². The molecule has 0 bridgehead atoms. The minimum absolute atomic E-state index is 0.199. The maximum atomic E-state index is 11.2. The fourth-order valence-electron chi connectivity index (χ4n) is 2.31. The summed E-state index contributed by atoms with van der Waals surface area (Å²) >= 11 is 6.22. The molecule has 3 rings (SSSR count). The number of rotatable bonds is 2. The number of carboxylic acid groups (broad SMARTS) is 1. The molecule has 0 unspecified atom stereocenters. The molecular weight excluding hydrogens is 300 g/mol. The Morgan fingerprint density at radius 2 is 2.05 bits per heavy atom. The number of pyridine rings is 1. The predicted molar refractivity (Wildman–Crippen MR) is 83.9 cm³/mol. The van der Waals surface area contributed by atoms with Gasteiger partial charge < -0.3 is 5.11 Å². The number of benzene rings is 2. The molecule has 0 saturated carbocycles. The smallest absolute Gasteiger partial charge is 0.335 e. The molecule has 1 aromatic heterocycles. The standard InChI is InChI=1S/C17H9ClN2O2/c18-15-6-10(8-19)9-20-16(15)13-3-1-2-11-4-5-12(17(21)22)7-14(11)13/h1-7,9H,(H,21,22). The summed E-state index contributed by atoms with van der Waals surface area (Å²) in [5.41, 5.74) is 1.83. The Morgan fingerprint density at radius 1 is 1.23 bits per heavy atom. The van der Waals surface area contributed by atoms with Gasteiger partial charge in [0.25, 0.3) is 0 Å². The number of fused-ring (bicyclic) bond motifs is 1. The Morgan fingerprint density at radius 3 is 2.73 bits per heavy atom. The molecule has 5 heteroatoms. The minimum Gasteiger partial charge on any atom is -0.478 e. The lowest BCUT2D eigenvalue weighted by Gasteiger charge is -2.09. The third kappa shape index (κ3) is 2.39. The fourth-order valence-corrected chi connectivity index (χ4v) is 2.58. The molecule has 1 heterocycles. The van der Waals surface area contributed by atoms with Gasteiger partial charge in [-0.05, 0) is 29.0 Å². The van der Waals surface area contributed by atoms with Crippen LogP contribution in [-0.2, 0) is 0 Å². The van der Waals surface area contributed by atoms with E-state index in [1.165, 1.54) is 6.20 Å². The lowest BCUT2D eigenvalue weighted by Crippen LogP contribution is -1.96. The molecule has 0 aliphatic carbocycles. The zero-order valence-corrected chi connectivity index (χ0v) is 12.0. The first-order valence-electron chi connectivity index (χ1n) is 6.42. The number of hydrogen-bond donors (Lipinski definition) is 1. The van der Waals surface area contributed by atoms with E-state index < -0.39 is 5.97 Å². The highest BCUT2D eigenvalue weighted by molar-refractivity contribution is 6.33. The van der Waals surface area contributed by atoms with Gasteiger partial charge >= 0.3 is 5.97 Å². The van der Waals surface area contributed by atoms with Crippen molar-refractivity contribution in [1.82, 2.24) is 4.98 Å². The van der Waals surface area contributed by atoms with Crippen LogP contribution in [0.25, 0.3) is 22.0 Å². The molecule has 4 nitrogen and oxygen atoms in total. The van der Waals surface area contributed by atoms with Crippen LogP contribution in [0.5, 0.6) is 0 Å². The minimum atomic E-state index is -0.990. The number of aromatic nitrogens is 1. The number of halogens is 1. The van der Waals surface area contributed by atoms with Crippen LogP contribution in [0, 0.1) is 11.3 Å². The maximum Gasteiger partial charge on any atom is 0.335 e. The van der Waals surface area contributed by atoms with Gasteiger partial charge in [-0.2, -0.15) is 5.26 Å². The van der Waals surface area contributed by atoms with Gasteiger partial charge in [0.15, 0.2) is 0 Å². The number of carbonyl (C=O) groups is 1. The van der Waals surface area contributed by atoms with Gasteiger partial charge in [-0.3, -0.25) is 4.98 Å². The van der Waals surface area contributed by atoms with Crippen LogP contribution in [-0.4, -0.2) is 16.1 Å². The number of carboxylic acids is 1. The average molecular weight is 309 g/mol. The Labute approximate surface area is 131 Å². The van der Waals surface area contributed by atoms with Gasteiger partial charge in [0.05, 0.1) is 21.8 Å². The van der Waals surface area contributed by atoms with Gasteiger partial charge in [0, 0.05) is 11.8 Å². The van der Waals surface area contributed by atoms with E-state index in [-0.39, 0.29) is 5.56 Å². The lowest BCUT2D eigenvalue weighted by molar-refractivity contribution is 0.0697. The van der Waals surface area contributed by atoms with Crippen LogP contribution in [0.15, 0.2) is 48.7 Å². The van der Waals surface area contributed by atoms with E-state index in [1.807, 2.05) is 24.3 Å². The van der Waals surface area contributed by atoms with Crippen molar-refractivity contribution in [2.75, 3.05) is 0 Å². The summed E-state index contributed by atoms with van der Waals surface area (Å²) < 4.78 is 0. The van der Waals surface area contributed by atoms with E-state index in [4.69, 9.17) is 22.0 Å². The van der Waals surface area contributed by atoms with E-state index in [0.717, 1.165) is 16.3 Å². The third-order valence-electron chi connectivity index (χ3n) is 3.35. The summed E-state index contributed by atoms with van der Waals surface area (Å²) in [6.45, 7) is 0. The van der Waals surface area contributed by atoms with Crippen molar-refractivity contribution in [3.63, 3.8) is 0 Å². The molecule has 22 heavy (non-hydrogen) atoms. The highest BCUT2D eigenvalue weighted by Crippen LogP contribution is 2.32. The Kier molecular flexibility index (Phi) is 3.50. The van der Waals surface area contributed by atoms with Crippen molar-refractivity contribution in [2.45, 2.75) is 0 Å². The average Bonchev–Trinajstić information content (AvgIpc) is 2.53. The first-order valence-corrected chi connectivity index (χ1v) is 6.80. The SMILES string of the molecule is N#Cc1cnc(-c2cccc3ccc(C(=O)O)cc23)c(Cl)c1. The van der Waals surface area contributed by atoms with Crippen molar-refractivity contribution < 1.29 is 9.90 Å². The Bertz CT molecular complexity index is 945. The van der Waals surface area contributed by atoms with Crippen LogP contribution in [0.3, 0.4) is 0 Å². The fraction of sp³-hybridized carbons (Fsp3) is 0. The molecule has 1 N–H and O–H groups in total. The molecule has 3 aromatic rings. The summed E-state index contributed by atoms with van der Waals surface area (Å²) in [5, 5.41) is 20.0. The van der Waals surface area contributed by atoms with E-state index >= 15 is 0 Å². The summed E-state index contributed by atoms with van der Waals surface area (Å²) in [5.74, 6) is -0.990. The topological polar surface area (TPSA) is 74.0 Å². The van der Waals surface area contributed by atoms with Crippen LogP contribution in [0.1, 0.15) is 15.9 Å². The quantitative estimate of drug-likeness (QED) is 0.772. The Balaban J connectivity index is 2.29. The molecule has 0 amide bonds. The van der Waals surface area contributed by atoms with E-state index in [0.29, 0.717) is 16.3 Å². The first-order chi connectivity index (χ1) is 10.6. The lowest BCUT2D eigenvalue weighted by atomic mass is 9.99. The van der Waals surface area contributed by atoms with Gasteiger partial charge in [-0.25, -0.2) is 4.79 Å². The van der Waals surface area contributed by atoms with Crippen LogP contribution in [0.2, 0.25) is 5.02 Å². The molecule has 106 valence electrons. The summed E-state index contributed by atoms with van der Waals surface area (Å²) in [6.07, 6.45) is 1.45. The zero-order valence-electron chi connectivity index (χ0n) is 11.2. The van der Waals surface area contributed by atoms with E-state index in [2.05, 4.69) is 4.98 Å². The summed E-state index contributed by atoms with van der Waals surface area (Å²) in [7, 11) is 0. The number of aromatic carboxylic acids is 1. The first kappa shape index (κ1) is 14.1. The summed E-state index contributed by atoms with van der Waals surface area (Å²) in [6, 6.07) is 14.0. The van der Waals surface area contributed by atoms with Crippen molar-refractivity contribution in [1.29, 1.82) is 5.26 Å². The van der Waals surface area contributed by atoms with E-state index in [9.17, 15) is 4.79 Å². The van der Waals surface area contributed by atoms with Crippen molar-refractivity contribution >= 4 is 28.3 Å². The zero-order chi connectivity index (χ0) is 15.7. The number of hydrogen-bond acceptors (Lipinski definition) is 3. The molecule has 2 aromatic carbocycles. The largest absolute Gasteiger partial charge is 0.478 e. The Hall–Kier alpha value is -2.90. The second-order valence-electron chi connectivity index (χ2n) is 4.71. The second kappa shape index (κ2) is 5.47. The van der Waals surface area contributed by atoms with Crippen molar-refractivity contribution in [2.24, 2.45) is 0 Å². The van der Waals surface area contributed by atoms with Crippen LogP contribution >= 0.6 is 11.6 Å². The molecule has 0 aliphatic rings. The highest BCUT2D eigenvalue weighted by atomic mass is 35.5. The monoisotopic (exact) mass is 308 g/mol. The molecule has 0 saturated heterocycles. The normalized spacial score (nSPS) is 10.4. The second-order valence-corrected chi connectivity index (χ2v) is 5.12. The van der Waals surface area contributed by atoms with Crippen molar-refractivity contribution in [3.05, 3.63) is 64.8 Å². The number of nitrogens with zero attached hydrogens (tertiary/aromatic N) is 2. The third-order valence-corrected chi connectivity index (χ3v) is 3.64.